The molecular weight excluding hydrogens is 478 g/mol. The Morgan fingerprint density at radius 2 is 1.00 bits per heavy atom. The molecule has 3 heteroatoms. The fourth-order valence-corrected chi connectivity index (χ4v) is 6.20. The van der Waals surface area contributed by atoms with Crippen molar-refractivity contribution < 1.29 is 8.83 Å². The number of nitrogens with zero attached hydrogens (tertiary/aromatic N) is 1. The minimum absolute atomic E-state index is 0.912. The predicted molar refractivity (Wildman–Crippen MR) is 161 cm³/mol. The first kappa shape index (κ1) is 20.7. The van der Waals surface area contributed by atoms with Crippen molar-refractivity contribution in [3.8, 4) is 16.8 Å². The van der Waals surface area contributed by atoms with E-state index in [9.17, 15) is 0 Å². The Kier molecular flexibility index (Phi) is 4.05. The van der Waals surface area contributed by atoms with Gasteiger partial charge in [-0.3, -0.25) is 0 Å². The molecule has 0 spiro atoms. The van der Waals surface area contributed by atoms with Crippen LogP contribution in [-0.2, 0) is 0 Å². The molecule has 9 rings (SSSR count). The molecule has 0 atom stereocenters. The van der Waals surface area contributed by atoms with Crippen LogP contribution in [0, 0.1) is 0 Å². The van der Waals surface area contributed by atoms with E-state index in [1.807, 2.05) is 24.3 Å². The first-order valence-corrected chi connectivity index (χ1v) is 13.2. The lowest BCUT2D eigenvalue weighted by molar-refractivity contribution is 0.669. The van der Waals surface area contributed by atoms with E-state index in [-0.39, 0.29) is 0 Å². The Labute approximate surface area is 223 Å². The van der Waals surface area contributed by atoms with E-state index in [0.717, 1.165) is 49.6 Å². The van der Waals surface area contributed by atoms with Crippen LogP contribution >= 0.6 is 0 Å². The number of para-hydroxylation sites is 3. The lowest BCUT2D eigenvalue weighted by atomic mass is 10.0. The van der Waals surface area contributed by atoms with Crippen molar-refractivity contribution in [1.29, 1.82) is 0 Å². The van der Waals surface area contributed by atoms with Crippen LogP contribution < -0.4 is 0 Å². The molecule has 3 aromatic heterocycles. The fraction of sp³-hybridized carbons (Fsp3) is 0. The van der Waals surface area contributed by atoms with Crippen LogP contribution in [0.25, 0.3) is 82.5 Å². The number of hydrogen-bond acceptors (Lipinski definition) is 2. The molecule has 3 heterocycles. The van der Waals surface area contributed by atoms with Crippen molar-refractivity contribution in [3.63, 3.8) is 0 Å². The molecule has 182 valence electrons. The number of aromatic nitrogens is 1. The molecular formula is C36H21NO2. The fourth-order valence-electron chi connectivity index (χ4n) is 6.20. The van der Waals surface area contributed by atoms with Crippen molar-refractivity contribution in [1.82, 2.24) is 4.57 Å². The van der Waals surface area contributed by atoms with Crippen LogP contribution in [0.3, 0.4) is 0 Å². The zero-order chi connectivity index (χ0) is 25.5. The van der Waals surface area contributed by atoms with Crippen molar-refractivity contribution in [3.05, 3.63) is 127 Å². The summed E-state index contributed by atoms with van der Waals surface area (Å²) in [4.78, 5) is 0. The van der Waals surface area contributed by atoms with Crippen molar-refractivity contribution >= 4 is 65.7 Å². The van der Waals surface area contributed by atoms with Gasteiger partial charge in [-0.15, -0.1) is 0 Å². The highest BCUT2D eigenvalue weighted by Crippen LogP contribution is 2.39. The Morgan fingerprint density at radius 3 is 1.82 bits per heavy atom. The number of fused-ring (bicyclic) bond motifs is 9. The zero-order valence-corrected chi connectivity index (χ0v) is 20.9. The second kappa shape index (κ2) is 7.62. The summed E-state index contributed by atoms with van der Waals surface area (Å²) in [7, 11) is 0. The molecule has 0 aliphatic carbocycles. The minimum Gasteiger partial charge on any atom is -0.456 e. The lowest BCUT2D eigenvalue weighted by Gasteiger charge is -2.10. The number of rotatable bonds is 2. The third-order valence-electron chi connectivity index (χ3n) is 7.99. The third-order valence-corrected chi connectivity index (χ3v) is 7.99. The van der Waals surface area contributed by atoms with Gasteiger partial charge in [0.2, 0.25) is 0 Å². The SMILES string of the molecule is c1cc(-c2ccc3oc4ccccc4c3c2)cc(-n2c3ccccc3c3cc4oc5ccccc5c4cc32)c1. The van der Waals surface area contributed by atoms with Gasteiger partial charge in [0, 0.05) is 38.0 Å². The molecule has 6 aromatic carbocycles. The van der Waals surface area contributed by atoms with Gasteiger partial charge in [0.25, 0.3) is 0 Å². The van der Waals surface area contributed by atoms with Gasteiger partial charge in [0.05, 0.1) is 11.0 Å². The zero-order valence-electron chi connectivity index (χ0n) is 20.9. The summed E-state index contributed by atoms with van der Waals surface area (Å²) in [5, 5.41) is 6.96. The molecule has 0 saturated carbocycles. The minimum atomic E-state index is 0.912. The maximum atomic E-state index is 6.24. The first-order chi connectivity index (χ1) is 19.3. The smallest absolute Gasteiger partial charge is 0.136 e. The van der Waals surface area contributed by atoms with Crippen LogP contribution in [0.1, 0.15) is 0 Å². The van der Waals surface area contributed by atoms with E-state index in [1.54, 1.807) is 0 Å². The average molecular weight is 500 g/mol. The van der Waals surface area contributed by atoms with Gasteiger partial charge in [-0.2, -0.15) is 0 Å². The summed E-state index contributed by atoms with van der Waals surface area (Å²) in [6.07, 6.45) is 0. The molecule has 0 amide bonds. The Balaban J connectivity index is 1.30. The highest BCUT2D eigenvalue weighted by Gasteiger charge is 2.17. The van der Waals surface area contributed by atoms with Crippen molar-refractivity contribution in [2.75, 3.05) is 0 Å². The molecule has 0 radical (unpaired) electrons. The molecule has 0 aliphatic rings. The second-order valence-corrected chi connectivity index (χ2v) is 10.2. The monoisotopic (exact) mass is 499 g/mol. The average Bonchev–Trinajstić information content (AvgIpc) is 3.65. The van der Waals surface area contributed by atoms with Crippen molar-refractivity contribution in [2.24, 2.45) is 0 Å². The second-order valence-electron chi connectivity index (χ2n) is 10.2. The van der Waals surface area contributed by atoms with Crippen LogP contribution in [0.15, 0.2) is 136 Å². The van der Waals surface area contributed by atoms with Crippen LogP contribution in [0.2, 0.25) is 0 Å². The largest absolute Gasteiger partial charge is 0.456 e. The molecule has 0 unspecified atom stereocenters. The summed E-state index contributed by atoms with van der Waals surface area (Å²) in [5.41, 5.74) is 9.47. The van der Waals surface area contributed by atoms with E-state index in [2.05, 4.69) is 108 Å². The third kappa shape index (κ3) is 2.93. The molecule has 0 N–H and O–H groups in total. The van der Waals surface area contributed by atoms with E-state index >= 15 is 0 Å². The molecule has 39 heavy (non-hydrogen) atoms. The van der Waals surface area contributed by atoms with E-state index < -0.39 is 0 Å². The van der Waals surface area contributed by atoms with Gasteiger partial charge >= 0.3 is 0 Å². The molecule has 9 aromatic rings. The highest BCUT2D eigenvalue weighted by atomic mass is 16.3. The van der Waals surface area contributed by atoms with Crippen molar-refractivity contribution in [2.45, 2.75) is 0 Å². The summed E-state index contributed by atoms with van der Waals surface area (Å²) in [5.74, 6) is 0. The molecule has 3 nitrogen and oxygen atoms in total. The van der Waals surface area contributed by atoms with Crippen LogP contribution in [0.4, 0.5) is 0 Å². The molecule has 0 aliphatic heterocycles. The molecule has 0 bridgehead atoms. The quantitative estimate of drug-likeness (QED) is 0.237. The van der Waals surface area contributed by atoms with Gasteiger partial charge < -0.3 is 13.4 Å². The first-order valence-electron chi connectivity index (χ1n) is 13.2. The number of hydrogen-bond donors (Lipinski definition) is 0. The number of furan rings is 2. The van der Waals surface area contributed by atoms with E-state index in [1.165, 1.54) is 32.9 Å². The Hall–Kier alpha value is -5.28. The number of benzene rings is 6. The topological polar surface area (TPSA) is 31.2 Å². The predicted octanol–water partition coefficient (Wildman–Crippen LogP) is 10.2. The summed E-state index contributed by atoms with van der Waals surface area (Å²) in [6.45, 7) is 0. The van der Waals surface area contributed by atoms with Gasteiger partial charge in [0.15, 0.2) is 0 Å². The Bertz CT molecular complexity index is 2400. The maximum Gasteiger partial charge on any atom is 0.136 e. The maximum absolute atomic E-state index is 6.24. The summed E-state index contributed by atoms with van der Waals surface area (Å²) >= 11 is 0. The standard InChI is InChI=1S/C36H21NO2/c1-4-13-31-25(10-1)28-21-36-30(27-12-3-6-15-34(27)39-36)20-32(28)37(31)24-9-7-8-22(18-24)23-16-17-35-29(19-23)26-11-2-5-14-33(26)38-35/h1-21H. The van der Waals surface area contributed by atoms with Gasteiger partial charge in [-0.05, 0) is 65.7 Å². The highest BCUT2D eigenvalue weighted by molar-refractivity contribution is 6.17. The van der Waals surface area contributed by atoms with E-state index in [4.69, 9.17) is 8.83 Å². The van der Waals surface area contributed by atoms with E-state index in [0.29, 0.717) is 0 Å². The van der Waals surface area contributed by atoms with Gasteiger partial charge in [-0.25, -0.2) is 0 Å². The molecule has 0 fully saturated rings. The van der Waals surface area contributed by atoms with Gasteiger partial charge in [-0.1, -0.05) is 72.8 Å². The normalized spacial score (nSPS) is 12.1. The summed E-state index contributed by atoms with van der Waals surface area (Å²) in [6, 6.07) is 44.9. The van der Waals surface area contributed by atoms with Crippen LogP contribution in [-0.4, -0.2) is 4.57 Å². The van der Waals surface area contributed by atoms with Crippen LogP contribution in [0.5, 0.6) is 0 Å². The lowest BCUT2D eigenvalue weighted by Crippen LogP contribution is -1.94. The Morgan fingerprint density at radius 1 is 0.359 bits per heavy atom. The summed E-state index contributed by atoms with van der Waals surface area (Å²) < 4.78 is 14.7. The van der Waals surface area contributed by atoms with Gasteiger partial charge in [0.1, 0.15) is 22.3 Å². The molecule has 0 saturated heterocycles.